The smallest absolute Gasteiger partial charge is 0.317 e. The Hall–Kier alpha value is 1.08. The van der Waals surface area contributed by atoms with Gasteiger partial charge < -0.3 is 16.3 Å². The number of carbonyl (C=O) groups is 1. The van der Waals surface area contributed by atoms with Crippen LogP contribution in [0.5, 0.6) is 0 Å². The van der Waals surface area contributed by atoms with Gasteiger partial charge in [-0.2, -0.15) is 0 Å². The molecule has 0 atom stereocenters. The molecule has 4 nitrogen and oxygen atoms in total. The molecular weight excluding hydrogens is 255 g/mol. The van der Waals surface area contributed by atoms with Crippen LogP contribution in [0.1, 0.15) is 0 Å². The van der Waals surface area contributed by atoms with Crippen molar-refractivity contribution in [3.05, 3.63) is 0 Å². The minimum atomic E-state index is -0.968. The maximum Gasteiger partial charge on any atom is 0.317 e. The predicted octanol–water partition coefficient (Wildman–Crippen LogP) is -1.29. The van der Waals surface area contributed by atoms with Crippen molar-refractivity contribution in [2.45, 2.75) is 0 Å². The van der Waals surface area contributed by atoms with Crippen LogP contribution in [0.2, 0.25) is 0 Å². The monoisotopic (exact) mass is 267 g/mol. The van der Waals surface area contributed by atoms with Crippen molar-refractivity contribution in [3.8, 4) is 0 Å². The molecule has 0 amide bonds. The van der Waals surface area contributed by atoms with Gasteiger partial charge in [-0.15, -0.1) is 49.6 Å². The lowest BCUT2D eigenvalue weighted by Crippen LogP contribution is -2.10. The van der Waals surface area contributed by atoms with Crippen LogP contribution in [0.25, 0.3) is 0 Å². The molecule has 0 saturated carbocycles. The molecule has 0 spiro atoms. The van der Waals surface area contributed by atoms with Gasteiger partial charge in [-0.1, -0.05) is 0 Å². The number of halogens is 4. The maximum absolute atomic E-state index is 9.24. The molecule has 5 N–H and O–H groups in total. The third-order valence-electron chi connectivity index (χ3n) is 0.175. The van der Waals surface area contributed by atoms with Crippen LogP contribution >= 0.6 is 49.6 Å². The Morgan fingerprint density at radius 1 is 1.18 bits per heavy atom. The largest absolute Gasteiger partial charge is 0.480 e. The van der Waals surface area contributed by atoms with Crippen LogP contribution in [0.15, 0.2) is 0 Å². The molecule has 0 aromatic carbocycles. The average molecular weight is 269 g/mol. The summed E-state index contributed by atoms with van der Waals surface area (Å²) in [6.45, 7) is -0.278. The number of hydrogen-bond donors (Lipinski definition) is 2. The first-order chi connectivity index (χ1) is 2.27. The molecule has 0 heterocycles. The van der Waals surface area contributed by atoms with Gasteiger partial charge in [-0.05, 0) is 0 Å². The summed E-state index contributed by atoms with van der Waals surface area (Å²) in [5, 5.41) is 7.60. The second kappa shape index (κ2) is 43.6. The van der Waals surface area contributed by atoms with Gasteiger partial charge in [0.25, 0.3) is 0 Å². The summed E-state index contributed by atoms with van der Waals surface area (Å²) in [7, 11) is 0. The maximum atomic E-state index is 9.24. The molecule has 0 aliphatic heterocycles. The van der Waals surface area contributed by atoms with E-state index in [1.165, 1.54) is 0 Å². The Labute approximate surface area is 100 Å². The minimum absolute atomic E-state index is 0. The fraction of sp³-hybridized carbons (Fsp3) is 0.500. The zero-order valence-electron chi connectivity index (χ0n) is 4.77. The molecule has 0 fully saturated rings. The first kappa shape index (κ1) is 57.4. The van der Waals surface area contributed by atoms with E-state index in [4.69, 9.17) is 5.11 Å². The normalized spacial score (nSPS) is 3.36. The van der Waals surface area contributed by atoms with E-state index < -0.39 is 5.97 Å². The van der Waals surface area contributed by atoms with E-state index in [0.717, 1.165) is 0 Å². The molecule has 0 aliphatic rings. The van der Waals surface area contributed by atoms with E-state index in [-0.39, 0.29) is 79.0 Å². The van der Waals surface area contributed by atoms with Crippen molar-refractivity contribution in [1.29, 1.82) is 0 Å². The summed E-state index contributed by atoms with van der Waals surface area (Å²) >= 11 is 0. The van der Waals surface area contributed by atoms with E-state index in [0.29, 0.717) is 0 Å². The third kappa shape index (κ3) is 96.2. The van der Waals surface area contributed by atoms with Gasteiger partial charge in [0, 0.05) is 0 Å². The van der Waals surface area contributed by atoms with Gasteiger partial charge >= 0.3 is 5.97 Å². The van der Waals surface area contributed by atoms with Gasteiger partial charge in [-0.3, -0.25) is 4.79 Å². The highest BCUT2D eigenvalue weighted by Crippen LogP contribution is 1.43. The number of carboxylic acids is 1. The first-order valence-corrected chi connectivity index (χ1v) is 1.19. The van der Waals surface area contributed by atoms with Crippen molar-refractivity contribution < 1.29 is 15.4 Å². The Morgan fingerprint density at radius 2 is 1.27 bits per heavy atom. The van der Waals surface area contributed by atoms with E-state index in [2.05, 4.69) is 5.73 Å². The fourth-order valence-electron chi connectivity index (χ4n) is 0. The quantitative estimate of drug-likeness (QED) is 0.580. The molecule has 0 saturated heterocycles. The highest BCUT2D eigenvalue weighted by atomic mass is 35.5. The topological polar surface area (TPSA) is 94.8 Å². The molecule has 0 radical (unpaired) electrons. The number of nitrogens with two attached hydrogens (primary N) is 1. The van der Waals surface area contributed by atoms with E-state index >= 15 is 0 Å². The molecule has 0 rings (SSSR count). The molecule has 0 aliphatic carbocycles. The SMILES string of the molecule is Cl.Cl.Cl.Cl.NCC(=O)O.O.[AlH3]. The Kier molecular flexibility index (Phi) is 228. The lowest BCUT2D eigenvalue weighted by molar-refractivity contribution is -0.135. The molecular formula is C2H14AlCl4NO3. The zero-order valence-corrected chi connectivity index (χ0v) is 8.04. The van der Waals surface area contributed by atoms with Gasteiger partial charge in [0.1, 0.15) is 0 Å². The number of carboxylic acid groups (broad SMARTS) is 1. The molecule has 76 valence electrons. The van der Waals surface area contributed by atoms with E-state index in [1.807, 2.05) is 0 Å². The Balaban J connectivity index is -0.00000000533. The Morgan fingerprint density at radius 3 is 1.27 bits per heavy atom. The van der Waals surface area contributed by atoms with Crippen molar-refractivity contribution in [3.63, 3.8) is 0 Å². The van der Waals surface area contributed by atoms with Crippen LogP contribution in [0.3, 0.4) is 0 Å². The van der Waals surface area contributed by atoms with Crippen molar-refractivity contribution in [1.82, 2.24) is 0 Å². The van der Waals surface area contributed by atoms with Crippen LogP contribution in [0.4, 0.5) is 0 Å². The third-order valence-corrected chi connectivity index (χ3v) is 0.175. The van der Waals surface area contributed by atoms with Crippen molar-refractivity contribution >= 4 is 73.0 Å². The van der Waals surface area contributed by atoms with Gasteiger partial charge in [0.2, 0.25) is 0 Å². The highest BCUT2D eigenvalue weighted by molar-refractivity contribution is 5.86. The van der Waals surface area contributed by atoms with Crippen molar-refractivity contribution in [2.75, 3.05) is 6.54 Å². The summed E-state index contributed by atoms with van der Waals surface area (Å²) < 4.78 is 0. The molecule has 0 bridgehead atoms. The molecule has 0 aromatic heterocycles. The summed E-state index contributed by atoms with van der Waals surface area (Å²) in [5.41, 5.74) is 4.57. The van der Waals surface area contributed by atoms with Gasteiger partial charge in [0.05, 0.1) is 6.54 Å². The summed E-state index contributed by atoms with van der Waals surface area (Å²) in [4.78, 5) is 9.24. The molecule has 0 unspecified atom stereocenters. The lowest BCUT2D eigenvalue weighted by atomic mass is 10.7. The number of hydrogen-bond acceptors (Lipinski definition) is 2. The van der Waals surface area contributed by atoms with Crippen LogP contribution in [-0.2, 0) is 4.79 Å². The predicted molar refractivity (Wildman–Crippen MR) is 59.2 cm³/mol. The van der Waals surface area contributed by atoms with Crippen molar-refractivity contribution in [2.24, 2.45) is 5.73 Å². The first-order valence-electron chi connectivity index (χ1n) is 1.19. The van der Waals surface area contributed by atoms with Gasteiger partial charge in [0.15, 0.2) is 17.4 Å². The second-order valence-electron chi connectivity index (χ2n) is 0.598. The molecule has 0 aromatic rings. The number of aliphatic carboxylic acids is 1. The standard InChI is InChI=1S/C2H5NO2.Al.4ClH.H2O.3H/c3-1-2(4)5;;;;;;;;;/h1,3H2,(H,4,5);;4*1H;1H2;;;. The fourth-order valence-corrected chi connectivity index (χ4v) is 0. The lowest BCUT2D eigenvalue weighted by Gasteiger charge is -1.73. The van der Waals surface area contributed by atoms with Crippen LogP contribution in [0, 0.1) is 0 Å². The Bertz CT molecular complexity index is 58.6. The van der Waals surface area contributed by atoms with E-state index in [1.54, 1.807) is 0 Å². The summed E-state index contributed by atoms with van der Waals surface area (Å²) in [5.74, 6) is -0.968. The van der Waals surface area contributed by atoms with Crippen LogP contribution < -0.4 is 5.73 Å². The zero-order chi connectivity index (χ0) is 4.28. The minimum Gasteiger partial charge on any atom is -0.480 e. The highest BCUT2D eigenvalue weighted by Gasteiger charge is 1.81. The summed E-state index contributed by atoms with van der Waals surface area (Å²) in [6, 6.07) is 0. The number of rotatable bonds is 1. The summed E-state index contributed by atoms with van der Waals surface area (Å²) in [6.07, 6.45) is 0. The average Bonchev–Trinajstić information content (AvgIpc) is 1.38. The van der Waals surface area contributed by atoms with E-state index in [9.17, 15) is 4.79 Å². The second-order valence-corrected chi connectivity index (χ2v) is 0.598. The molecule has 9 heteroatoms. The van der Waals surface area contributed by atoms with Gasteiger partial charge in [-0.25, -0.2) is 0 Å². The molecule has 11 heavy (non-hydrogen) atoms. The van der Waals surface area contributed by atoms with Crippen LogP contribution in [-0.4, -0.2) is 40.5 Å².